The van der Waals surface area contributed by atoms with Crippen LogP contribution in [0, 0.1) is 0 Å². The standard InChI is InChI=1S/C20H27ClN4O5S/c1-11(2)15-6-13(21)7-16(12(3)4)18(15)23-20(26)24-31(27,28)17-8-22-25-9-14(29-5)10-30-19(17)25/h6-8,11-12,14H,9-10H2,1-5H3,(H2,23,24,26). The molecule has 1 aromatic heterocycles. The Morgan fingerprint density at radius 2 is 1.87 bits per heavy atom. The van der Waals surface area contributed by atoms with Crippen molar-refractivity contribution in [1.29, 1.82) is 0 Å². The van der Waals surface area contributed by atoms with Crippen molar-refractivity contribution in [2.75, 3.05) is 19.0 Å². The Morgan fingerprint density at radius 3 is 2.42 bits per heavy atom. The molecule has 1 unspecified atom stereocenters. The number of carbonyl (C=O) groups excluding carboxylic acids is 1. The molecule has 11 heteroatoms. The third kappa shape index (κ3) is 4.97. The summed E-state index contributed by atoms with van der Waals surface area (Å²) < 4.78 is 39.9. The van der Waals surface area contributed by atoms with Gasteiger partial charge in [-0.3, -0.25) is 0 Å². The van der Waals surface area contributed by atoms with Gasteiger partial charge in [-0.2, -0.15) is 5.10 Å². The molecule has 2 aromatic rings. The average Bonchev–Trinajstić information content (AvgIpc) is 3.12. The van der Waals surface area contributed by atoms with E-state index >= 15 is 0 Å². The average molecular weight is 471 g/mol. The van der Waals surface area contributed by atoms with Gasteiger partial charge in [-0.25, -0.2) is 22.6 Å². The van der Waals surface area contributed by atoms with Gasteiger partial charge in [0.05, 0.1) is 12.7 Å². The maximum absolute atomic E-state index is 12.9. The highest BCUT2D eigenvalue weighted by Gasteiger charge is 2.31. The van der Waals surface area contributed by atoms with Crippen LogP contribution in [-0.2, 0) is 21.3 Å². The van der Waals surface area contributed by atoms with Gasteiger partial charge in [-0.15, -0.1) is 0 Å². The molecule has 1 aliphatic rings. The van der Waals surface area contributed by atoms with Gasteiger partial charge in [0.25, 0.3) is 10.0 Å². The number of ether oxygens (including phenoxy) is 2. The van der Waals surface area contributed by atoms with Crippen molar-refractivity contribution in [3.8, 4) is 5.88 Å². The van der Waals surface area contributed by atoms with Crippen molar-refractivity contribution in [2.24, 2.45) is 0 Å². The Kier molecular flexibility index (Phi) is 6.82. The number of anilines is 1. The van der Waals surface area contributed by atoms with Crippen LogP contribution in [0.1, 0.15) is 50.7 Å². The molecule has 3 rings (SSSR count). The Hall–Kier alpha value is -2.30. The van der Waals surface area contributed by atoms with Gasteiger partial charge < -0.3 is 14.8 Å². The van der Waals surface area contributed by atoms with E-state index in [4.69, 9.17) is 21.1 Å². The van der Waals surface area contributed by atoms with Gasteiger partial charge >= 0.3 is 6.03 Å². The molecule has 0 aliphatic carbocycles. The Morgan fingerprint density at radius 1 is 1.26 bits per heavy atom. The van der Waals surface area contributed by atoms with E-state index in [1.807, 2.05) is 27.7 Å². The molecule has 1 aromatic carbocycles. The lowest BCUT2D eigenvalue weighted by Gasteiger charge is -2.23. The van der Waals surface area contributed by atoms with Crippen LogP contribution in [0.25, 0.3) is 0 Å². The van der Waals surface area contributed by atoms with Crippen molar-refractivity contribution >= 4 is 33.3 Å². The highest BCUT2D eigenvalue weighted by molar-refractivity contribution is 7.90. The molecule has 0 fully saturated rings. The number of benzene rings is 1. The summed E-state index contributed by atoms with van der Waals surface area (Å²) in [4.78, 5) is 12.5. The lowest BCUT2D eigenvalue weighted by Crippen LogP contribution is -2.36. The molecule has 0 saturated heterocycles. The first-order valence-corrected chi connectivity index (χ1v) is 11.8. The number of fused-ring (bicyclic) bond motifs is 1. The molecule has 2 heterocycles. The highest BCUT2D eigenvalue weighted by atomic mass is 35.5. The summed E-state index contributed by atoms with van der Waals surface area (Å²) >= 11 is 6.25. The number of methoxy groups -OCH3 is 1. The van der Waals surface area contributed by atoms with E-state index in [-0.39, 0.29) is 35.3 Å². The molecular formula is C20H27ClN4O5S. The van der Waals surface area contributed by atoms with Gasteiger partial charge in [-0.05, 0) is 35.1 Å². The van der Waals surface area contributed by atoms with Crippen LogP contribution in [0.2, 0.25) is 5.02 Å². The molecule has 0 bridgehead atoms. The molecule has 2 N–H and O–H groups in total. The lowest BCUT2D eigenvalue weighted by molar-refractivity contribution is 0.0165. The molecule has 0 spiro atoms. The number of urea groups is 1. The van der Waals surface area contributed by atoms with Crippen molar-refractivity contribution in [3.63, 3.8) is 0 Å². The number of aromatic nitrogens is 2. The topological polar surface area (TPSA) is 112 Å². The van der Waals surface area contributed by atoms with Crippen LogP contribution in [0.5, 0.6) is 5.88 Å². The molecule has 2 amide bonds. The number of nitrogens with one attached hydrogen (secondary N) is 2. The monoisotopic (exact) mass is 470 g/mol. The minimum absolute atomic E-state index is 0.0629. The fourth-order valence-corrected chi connectivity index (χ4v) is 4.62. The summed E-state index contributed by atoms with van der Waals surface area (Å²) in [5.74, 6) is 0.201. The Bertz CT molecular complexity index is 1050. The van der Waals surface area contributed by atoms with Gasteiger partial charge in [0.15, 0.2) is 4.90 Å². The van der Waals surface area contributed by atoms with E-state index < -0.39 is 16.1 Å². The van der Waals surface area contributed by atoms with Crippen LogP contribution in [0.4, 0.5) is 10.5 Å². The second-order valence-electron chi connectivity index (χ2n) is 7.99. The fourth-order valence-electron chi connectivity index (χ4n) is 3.40. The van der Waals surface area contributed by atoms with E-state index in [9.17, 15) is 13.2 Å². The number of carbonyl (C=O) groups is 1. The second kappa shape index (κ2) is 9.05. The number of hydrogen-bond acceptors (Lipinski definition) is 6. The van der Waals surface area contributed by atoms with Crippen LogP contribution in [-0.4, -0.2) is 44.1 Å². The van der Waals surface area contributed by atoms with E-state index in [0.29, 0.717) is 17.3 Å². The first-order chi connectivity index (χ1) is 14.5. The second-order valence-corrected chi connectivity index (χ2v) is 10.1. The minimum Gasteiger partial charge on any atom is -0.474 e. The molecule has 0 radical (unpaired) electrons. The molecule has 0 saturated carbocycles. The van der Waals surface area contributed by atoms with E-state index in [1.54, 1.807) is 19.2 Å². The lowest BCUT2D eigenvalue weighted by atomic mass is 9.92. The number of sulfonamides is 1. The third-order valence-electron chi connectivity index (χ3n) is 5.04. The zero-order valence-corrected chi connectivity index (χ0v) is 19.7. The van der Waals surface area contributed by atoms with Crippen LogP contribution >= 0.6 is 11.6 Å². The molecule has 170 valence electrons. The number of rotatable bonds is 6. The predicted molar refractivity (Wildman–Crippen MR) is 117 cm³/mol. The SMILES string of the molecule is COC1COc2c(S(=O)(=O)NC(=O)Nc3c(C(C)C)cc(Cl)cc3C(C)C)cnn2C1. The maximum atomic E-state index is 12.9. The first-order valence-electron chi connectivity index (χ1n) is 9.92. The molecule has 1 aliphatic heterocycles. The normalized spacial score (nSPS) is 16.2. The van der Waals surface area contributed by atoms with Crippen LogP contribution in [0.3, 0.4) is 0 Å². The zero-order valence-electron chi connectivity index (χ0n) is 18.1. The largest absolute Gasteiger partial charge is 0.474 e. The quantitative estimate of drug-likeness (QED) is 0.665. The van der Waals surface area contributed by atoms with E-state index in [1.165, 1.54) is 4.68 Å². The van der Waals surface area contributed by atoms with E-state index in [0.717, 1.165) is 17.3 Å². The van der Waals surface area contributed by atoms with Crippen LogP contribution in [0.15, 0.2) is 23.2 Å². The summed E-state index contributed by atoms with van der Waals surface area (Å²) in [5.41, 5.74) is 2.19. The third-order valence-corrected chi connectivity index (χ3v) is 6.57. The number of hydrogen-bond donors (Lipinski definition) is 2. The Labute approximate surface area is 187 Å². The van der Waals surface area contributed by atoms with Gasteiger partial charge in [0.2, 0.25) is 5.88 Å². The predicted octanol–water partition coefficient (Wildman–Crippen LogP) is 3.70. The highest BCUT2D eigenvalue weighted by Crippen LogP contribution is 2.35. The molecular weight excluding hydrogens is 444 g/mol. The van der Waals surface area contributed by atoms with Gasteiger partial charge in [0, 0.05) is 17.8 Å². The van der Waals surface area contributed by atoms with Crippen molar-refractivity contribution in [2.45, 2.75) is 57.1 Å². The summed E-state index contributed by atoms with van der Waals surface area (Å²) in [6, 6.07) is 2.67. The summed E-state index contributed by atoms with van der Waals surface area (Å²) in [5, 5.41) is 7.31. The van der Waals surface area contributed by atoms with Crippen molar-refractivity contribution in [1.82, 2.24) is 14.5 Å². The number of halogens is 1. The number of nitrogens with zero attached hydrogens (tertiary/aromatic N) is 2. The number of amides is 2. The molecule has 1 atom stereocenters. The maximum Gasteiger partial charge on any atom is 0.333 e. The minimum atomic E-state index is -4.21. The summed E-state index contributed by atoms with van der Waals surface area (Å²) in [6.45, 7) is 8.43. The van der Waals surface area contributed by atoms with Crippen molar-refractivity contribution < 1.29 is 22.7 Å². The Balaban J connectivity index is 1.86. The van der Waals surface area contributed by atoms with Gasteiger partial charge in [-0.1, -0.05) is 39.3 Å². The first kappa shape index (κ1) is 23.4. The smallest absolute Gasteiger partial charge is 0.333 e. The summed E-state index contributed by atoms with van der Waals surface area (Å²) in [7, 11) is -2.67. The fraction of sp³-hybridized carbons (Fsp3) is 0.500. The van der Waals surface area contributed by atoms with E-state index in [2.05, 4.69) is 15.1 Å². The summed E-state index contributed by atoms with van der Waals surface area (Å²) in [6.07, 6.45) is 0.928. The van der Waals surface area contributed by atoms with Gasteiger partial charge in [0.1, 0.15) is 12.7 Å². The van der Waals surface area contributed by atoms with Crippen LogP contribution < -0.4 is 14.8 Å². The molecule has 9 nitrogen and oxygen atoms in total. The van der Waals surface area contributed by atoms with Crippen molar-refractivity contribution in [3.05, 3.63) is 34.5 Å². The molecule has 31 heavy (non-hydrogen) atoms. The zero-order chi connectivity index (χ0) is 22.9.